The van der Waals surface area contributed by atoms with Crippen LogP contribution in [0, 0.1) is 19.7 Å². The molecule has 1 N–H and O–H groups in total. The number of urea groups is 1. The summed E-state index contributed by atoms with van der Waals surface area (Å²) < 4.78 is 40.6. The second-order valence-electron chi connectivity index (χ2n) is 7.80. The first-order chi connectivity index (χ1) is 15.7. The maximum absolute atomic E-state index is 13.4. The van der Waals surface area contributed by atoms with Crippen molar-refractivity contribution in [2.75, 3.05) is 15.7 Å². The van der Waals surface area contributed by atoms with Gasteiger partial charge in [-0.3, -0.25) is 9.69 Å². The number of carbonyl (C=O) groups excluding carboxylic acids is 2. The molecule has 0 saturated carbocycles. The van der Waals surface area contributed by atoms with E-state index in [0.29, 0.717) is 11.1 Å². The third kappa shape index (κ3) is 4.31. The van der Waals surface area contributed by atoms with E-state index in [-0.39, 0.29) is 35.2 Å². The summed E-state index contributed by atoms with van der Waals surface area (Å²) in [5.74, 6) is -0.865. The number of hydrogen-bond donors (Lipinski definition) is 1. The van der Waals surface area contributed by atoms with Crippen LogP contribution in [-0.2, 0) is 21.4 Å². The van der Waals surface area contributed by atoms with Crippen molar-refractivity contribution in [3.05, 3.63) is 89.2 Å². The molecule has 1 aliphatic rings. The van der Waals surface area contributed by atoms with Crippen LogP contribution in [0.25, 0.3) is 0 Å². The van der Waals surface area contributed by atoms with Crippen LogP contribution < -0.4 is 14.5 Å². The van der Waals surface area contributed by atoms with Gasteiger partial charge in [-0.15, -0.1) is 0 Å². The summed E-state index contributed by atoms with van der Waals surface area (Å²) in [6.45, 7) is 3.36. The maximum Gasteiger partial charge on any atom is 0.343 e. The maximum atomic E-state index is 13.4. The molecular weight excluding hydrogens is 445 g/mol. The Bertz CT molecular complexity index is 1340. The van der Waals surface area contributed by atoms with E-state index in [1.807, 2.05) is 6.92 Å². The highest BCUT2D eigenvalue weighted by atomic mass is 32.2. The lowest BCUT2D eigenvalue weighted by molar-refractivity contribution is -0.119. The van der Waals surface area contributed by atoms with Crippen molar-refractivity contribution in [1.82, 2.24) is 5.32 Å². The highest BCUT2D eigenvalue weighted by Gasteiger charge is 2.43. The second-order valence-corrected chi connectivity index (χ2v) is 9.55. The molecule has 33 heavy (non-hydrogen) atoms. The van der Waals surface area contributed by atoms with Crippen molar-refractivity contribution >= 4 is 33.3 Å². The number of fused-ring (bicyclic) bond motifs is 1. The molecule has 0 radical (unpaired) electrons. The highest BCUT2D eigenvalue weighted by Crippen LogP contribution is 2.38. The monoisotopic (exact) mass is 467 g/mol. The zero-order chi connectivity index (χ0) is 23.8. The summed E-state index contributed by atoms with van der Waals surface area (Å²) in [5, 5.41) is 2.69. The SMILES string of the molecule is Cc1ccc(N2C(=O)N(CC(=O)NCc3ccc(F)cc3)c3ccccc3S2(=O)=O)c(C)c1. The Hall–Kier alpha value is -3.72. The number of nitrogens with zero attached hydrogens (tertiary/aromatic N) is 2. The minimum absolute atomic E-state index is 0.0593. The molecule has 0 saturated heterocycles. The number of aryl methyl sites for hydroxylation is 2. The van der Waals surface area contributed by atoms with Gasteiger partial charge in [0, 0.05) is 6.54 Å². The largest absolute Gasteiger partial charge is 0.350 e. The van der Waals surface area contributed by atoms with Gasteiger partial charge in [-0.2, -0.15) is 4.31 Å². The van der Waals surface area contributed by atoms with E-state index in [0.717, 1.165) is 14.8 Å². The van der Waals surface area contributed by atoms with Crippen molar-refractivity contribution in [3.63, 3.8) is 0 Å². The topological polar surface area (TPSA) is 86.8 Å². The van der Waals surface area contributed by atoms with E-state index < -0.39 is 22.0 Å². The Morgan fingerprint density at radius 2 is 1.67 bits per heavy atom. The van der Waals surface area contributed by atoms with Crippen LogP contribution in [0.4, 0.5) is 20.6 Å². The Kier molecular flexibility index (Phi) is 5.90. The number of anilines is 2. The average Bonchev–Trinajstić information content (AvgIpc) is 2.78. The van der Waals surface area contributed by atoms with Gasteiger partial charge in [0.15, 0.2) is 0 Å². The molecule has 1 aliphatic heterocycles. The number of nitrogens with one attached hydrogen (secondary N) is 1. The number of rotatable bonds is 5. The van der Waals surface area contributed by atoms with Crippen molar-refractivity contribution < 1.29 is 22.4 Å². The fourth-order valence-corrected chi connectivity index (χ4v) is 5.39. The number of halogens is 1. The van der Waals surface area contributed by atoms with Crippen LogP contribution in [0.3, 0.4) is 0 Å². The molecule has 3 aromatic carbocycles. The van der Waals surface area contributed by atoms with Gasteiger partial charge >= 0.3 is 6.03 Å². The van der Waals surface area contributed by atoms with E-state index in [4.69, 9.17) is 0 Å². The van der Waals surface area contributed by atoms with Gasteiger partial charge in [0.05, 0.1) is 11.4 Å². The second kappa shape index (κ2) is 8.67. The lowest BCUT2D eigenvalue weighted by Gasteiger charge is -2.36. The van der Waals surface area contributed by atoms with Gasteiger partial charge in [-0.1, -0.05) is 42.0 Å². The summed E-state index contributed by atoms with van der Waals surface area (Å²) >= 11 is 0. The molecule has 4 rings (SSSR count). The first kappa shape index (κ1) is 22.5. The molecule has 3 aromatic rings. The van der Waals surface area contributed by atoms with Gasteiger partial charge in [-0.25, -0.2) is 17.6 Å². The quantitative estimate of drug-likeness (QED) is 0.617. The standard InChI is InChI=1S/C24H22FN3O4S/c1-16-7-12-20(17(2)13-16)28-24(30)27(21-5-3-4-6-22(21)33(28,31)32)15-23(29)26-14-18-8-10-19(25)11-9-18/h3-13H,14-15H2,1-2H3,(H,26,29). The highest BCUT2D eigenvalue weighted by molar-refractivity contribution is 7.94. The number of hydrogen-bond acceptors (Lipinski definition) is 4. The predicted octanol–water partition coefficient (Wildman–Crippen LogP) is 3.89. The molecule has 3 amide bonds. The number of carbonyl (C=O) groups is 2. The van der Waals surface area contributed by atoms with Crippen LogP contribution in [0.5, 0.6) is 0 Å². The van der Waals surface area contributed by atoms with Gasteiger partial charge in [0.1, 0.15) is 17.3 Å². The number of para-hydroxylation sites is 1. The molecule has 0 fully saturated rings. The van der Waals surface area contributed by atoms with Crippen LogP contribution in [0.15, 0.2) is 71.6 Å². The van der Waals surface area contributed by atoms with Gasteiger partial charge in [-0.05, 0) is 55.3 Å². The molecule has 1 heterocycles. The van der Waals surface area contributed by atoms with Crippen molar-refractivity contribution in [2.45, 2.75) is 25.3 Å². The average molecular weight is 468 g/mol. The summed E-state index contributed by atoms with van der Waals surface area (Å²) in [6, 6.07) is 16.0. The Balaban J connectivity index is 1.66. The third-order valence-corrected chi connectivity index (χ3v) is 7.09. The minimum atomic E-state index is -4.17. The predicted molar refractivity (Wildman–Crippen MR) is 123 cm³/mol. The van der Waals surface area contributed by atoms with Crippen molar-refractivity contribution in [2.24, 2.45) is 0 Å². The molecule has 0 unspecified atom stereocenters. The Morgan fingerprint density at radius 3 is 2.36 bits per heavy atom. The molecule has 9 heteroatoms. The summed E-state index contributed by atoms with van der Waals surface area (Å²) in [6.07, 6.45) is 0. The van der Waals surface area contributed by atoms with E-state index in [1.165, 1.54) is 24.3 Å². The number of benzene rings is 3. The molecule has 0 aliphatic carbocycles. The van der Waals surface area contributed by atoms with Gasteiger partial charge in [0.25, 0.3) is 10.0 Å². The smallest absolute Gasteiger partial charge is 0.343 e. The van der Waals surface area contributed by atoms with E-state index >= 15 is 0 Å². The molecular formula is C24H22FN3O4S. The zero-order valence-electron chi connectivity index (χ0n) is 18.1. The zero-order valence-corrected chi connectivity index (χ0v) is 18.9. The van der Waals surface area contributed by atoms with Gasteiger partial charge in [0.2, 0.25) is 5.91 Å². The van der Waals surface area contributed by atoms with E-state index in [9.17, 15) is 22.4 Å². The Morgan fingerprint density at radius 1 is 0.970 bits per heavy atom. The fourth-order valence-electron chi connectivity index (χ4n) is 3.73. The van der Waals surface area contributed by atoms with E-state index in [1.54, 1.807) is 49.4 Å². The van der Waals surface area contributed by atoms with Crippen molar-refractivity contribution in [3.8, 4) is 0 Å². The first-order valence-corrected chi connectivity index (χ1v) is 11.7. The molecule has 0 bridgehead atoms. The lowest BCUT2D eigenvalue weighted by atomic mass is 10.1. The summed E-state index contributed by atoms with van der Waals surface area (Å²) in [7, 11) is -4.17. The molecule has 0 atom stereocenters. The Labute approximate surface area is 191 Å². The van der Waals surface area contributed by atoms with E-state index in [2.05, 4.69) is 5.32 Å². The van der Waals surface area contributed by atoms with Crippen LogP contribution in [-0.4, -0.2) is 26.9 Å². The van der Waals surface area contributed by atoms with Crippen LogP contribution in [0.2, 0.25) is 0 Å². The minimum Gasteiger partial charge on any atom is -0.350 e. The fraction of sp³-hybridized carbons (Fsp3) is 0.167. The number of sulfonamides is 1. The normalized spacial score (nSPS) is 14.7. The molecule has 0 spiro atoms. The third-order valence-electron chi connectivity index (χ3n) is 5.35. The lowest BCUT2D eigenvalue weighted by Crippen LogP contribution is -2.53. The number of amides is 3. The van der Waals surface area contributed by atoms with Crippen molar-refractivity contribution in [1.29, 1.82) is 0 Å². The summed E-state index contributed by atoms with van der Waals surface area (Å²) in [5.41, 5.74) is 2.61. The van der Waals surface area contributed by atoms with Crippen LogP contribution >= 0.6 is 0 Å². The first-order valence-electron chi connectivity index (χ1n) is 10.2. The molecule has 170 valence electrons. The summed E-state index contributed by atoms with van der Waals surface area (Å²) in [4.78, 5) is 27.2. The van der Waals surface area contributed by atoms with Gasteiger partial charge < -0.3 is 5.32 Å². The molecule has 7 nitrogen and oxygen atoms in total. The molecule has 0 aromatic heterocycles. The van der Waals surface area contributed by atoms with Crippen LogP contribution in [0.1, 0.15) is 16.7 Å².